The van der Waals surface area contributed by atoms with E-state index < -0.39 is 10.1 Å². The van der Waals surface area contributed by atoms with Gasteiger partial charge in [-0.1, -0.05) is 0 Å². The van der Waals surface area contributed by atoms with Gasteiger partial charge in [0.15, 0.2) is 0 Å². The minimum Gasteiger partial charge on any atom is -0.495 e. The molecule has 0 saturated heterocycles. The van der Waals surface area contributed by atoms with E-state index in [1.807, 2.05) is 0 Å². The molecule has 1 aromatic heterocycles. The van der Waals surface area contributed by atoms with E-state index >= 15 is 0 Å². The highest BCUT2D eigenvalue weighted by Crippen LogP contribution is 2.21. The van der Waals surface area contributed by atoms with E-state index in [9.17, 15) is 8.42 Å². The first-order valence-electron chi connectivity index (χ1n) is 3.95. The molecule has 0 N–H and O–H groups in total. The zero-order chi connectivity index (χ0) is 11.5. The smallest absolute Gasteiger partial charge is 0.264 e. The van der Waals surface area contributed by atoms with Gasteiger partial charge in [-0.25, -0.2) is 4.98 Å². The molecule has 1 heterocycles. The minimum atomic E-state index is -3.45. The molecule has 0 aliphatic heterocycles. The lowest BCUT2D eigenvalue weighted by molar-refractivity contribution is 0.302. The van der Waals surface area contributed by atoms with Gasteiger partial charge in [-0.05, 0) is 22.0 Å². The first kappa shape index (κ1) is 12.4. The molecule has 0 aliphatic rings. The van der Waals surface area contributed by atoms with Crippen molar-refractivity contribution in [2.45, 2.75) is 6.61 Å². The van der Waals surface area contributed by atoms with Crippen LogP contribution in [0.4, 0.5) is 0 Å². The van der Waals surface area contributed by atoms with Crippen molar-refractivity contribution in [3.8, 4) is 5.75 Å². The zero-order valence-electron chi connectivity index (χ0n) is 8.23. The monoisotopic (exact) mass is 295 g/mol. The lowest BCUT2D eigenvalue weighted by atomic mass is 10.3. The van der Waals surface area contributed by atoms with E-state index in [4.69, 9.17) is 4.74 Å². The maximum Gasteiger partial charge on any atom is 0.264 e. The molecule has 1 aromatic rings. The first-order valence-corrected chi connectivity index (χ1v) is 6.56. The maximum absolute atomic E-state index is 10.8. The lowest BCUT2D eigenvalue weighted by Crippen LogP contribution is -2.04. The van der Waals surface area contributed by atoms with Gasteiger partial charge in [0.25, 0.3) is 10.1 Å². The second kappa shape index (κ2) is 4.91. The summed E-state index contributed by atoms with van der Waals surface area (Å²) in [6, 6.07) is 1.64. The molecule has 1 rings (SSSR count). The third kappa shape index (κ3) is 4.15. The van der Waals surface area contributed by atoms with E-state index in [1.54, 1.807) is 6.07 Å². The summed E-state index contributed by atoms with van der Waals surface area (Å²) in [5.41, 5.74) is 0.616. The average molecular weight is 296 g/mol. The largest absolute Gasteiger partial charge is 0.495 e. The summed E-state index contributed by atoms with van der Waals surface area (Å²) in [5.74, 6) is 0.488. The van der Waals surface area contributed by atoms with Gasteiger partial charge in [0, 0.05) is 5.56 Å². The van der Waals surface area contributed by atoms with Gasteiger partial charge in [0.1, 0.15) is 10.4 Å². The highest BCUT2D eigenvalue weighted by atomic mass is 79.9. The minimum absolute atomic E-state index is 0.0663. The Balaban J connectivity index is 2.88. The van der Waals surface area contributed by atoms with Crippen molar-refractivity contribution in [3.05, 3.63) is 22.4 Å². The maximum atomic E-state index is 10.8. The number of halogens is 1. The van der Waals surface area contributed by atoms with E-state index in [1.165, 1.54) is 13.3 Å². The molecule has 15 heavy (non-hydrogen) atoms. The van der Waals surface area contributed by atoms with Gasteiger partial charge >= 0.3 is 0 Å². The molecular formula is C8H10BrNO4S. The van der Waals surface area contributed by atoms with Crippen LogP contribution in [0.5, 0.6) is 5.75 Å². The van der Waals surface area contributed by atoms with Crippen molar-refractivity contribution in [2.24, 2.45) is 0 Å². The van der Waals surface area contributed by atoms with Gasteiger partial charge < -0.3 is 4.74 Å². The molecule has 0 atom stereocenters. The molecule has 7 heteroatoms. The summed E-state index contributed by atoms with van der Waals surface area (Å²) in [4.78, 5) is 3.94. The van der Waals surface area contributed by atoms with Crippen molar-refractivity contribution in [1.82, 2.24) is 4.98 Å². The molecule has 5 nitrogen and oxygen atoms in total. The van der Waals surface area contributed by atoms with Gasteiger partial charge in [0.2, 0.25) is 0 Å². The second-order valence-corrected chi connectivity index (χ2v) is 5.24. The van der Waals surface area contributed by atoms with E-state index in [0.717, 1.165) is 6.26 Å². The zero-order valence-corrected chi connectivity index (χ0v) is 10.6. The van der Waals surface area contributed by atoms with Crippen LogP contribution in [-0.2, 0) is 20.9 Å². The van der Waals surface area contributed by atoms with Gasteiger partial charge in [-0.2, -0.15) is 8.42 Å². The fraction of sp³-hybridized carbons (Fsp3) is 0.375. The predicted molar refractivity (Wildman–Crippen MR) is 58.1 cm³/mol. The molecule has 0 unspecified atom stereocenters. The lowest BCUT2D eigenvalue weighted by Gasteiger charge is -2.07. The molecule has 0 saturated carbocycles. The van der Waals surface area contributed by atoms with Crippen LogP contribution in [0.2, 0.25) is 0 Å². The summed E-state index contributed by atoms with van der Waals surface area (Å²) in [5, 5.41) is 0. The number of hydrogen-bond donors (Lipinski definition) is 0. The van der Waals surface area contributed by atoms with E-state index in [-0.39, 0.29) is 6.61 Å². The Morgan fingerprint density at radius 1 is 1.53 bits per heavy atom. The molecule has 0 radical (unpaired) electrons. The summed E-state index contributed by atoms with van der Waals surface area (Å²) in [6.45, 7) is -0.0663. The predicted octanol–water partition coefficient (Wildman–Crippen LogP) is 1.33. The van der Waals surface area contributed by atoms with E-state index in [2.05, 4.69) is 25.1 Å². The van der Waals surface area contributed by atoms with Crippen LogP contribution in [0.25, 0.3) is 0 Å². The van der Waals surface area contributed by atoms with Crippen LogP contribution in [0.15, 0.2) is 16.9 Å². The Hall–Kier alpha value is -0.660. The molecule has 0 aromatic carbocycles. The number of hydrogen-bond acceptors (Lipinski definition) is 5. The summed E-state index contributed by atoms with van der Waals surface area (Å²) < 4.78 is 31.9. The standard InChI is InChI=1S/C8H10BrNO4S/c1-13-7-4-10-8(9)3-6(7)5-14-15(2,11)12/h3-4H,5H2,1-2H3. The Morgan fingerprint density at radius 3 is 2.73 bits per heavy atom. The second-order valence-electron chi connectivity index (χ2n) is 2.79. The molecule has 0 aliphatic carbocycles. The summed E-state index contributed by atoms with van der Waals surface area (Å²) in [6.07, 6.45) is 2.49. The number of aromatic nitrogens is 1. The van der Waals surface area contributed by atoms with Crippen LogP contribution in [0, 0.1) is 0 Å². The summed E-state index contributed by atoms with van der Waals surface area (Å²) >= 11 is 3.17. The van der Waals surface area contributed by atoms with Crippen molar-refractivity contribution in [3.63, 3.8) is 0 Å². The third-order valence-electron chi connectivity index (χ3n) is 1.56. The van der Waals surface area contributed by atoms with Crippen LogP contribution >= 0.6 is 15.9 Å². The van der Waals surface area contributed by atoms with Crippen molar-refractivity contribution < 1.29 is 17.3 Å². The number of nitrogens with zero attached hydrogens (tertiary/aromatic N) is 1. The number of ether oxygens (including phenoxy) is 1. The molecule has 0 spiro atoms. The fourth-order valence-electron chi connectivity index (χ4n) is 0.922. The number of pyridine rings is 1. The topological polar surface area (TPSA) is 65.5 Å². The van der Waals surface area contributed by atoms with Gasteiger partial charge in [-0.3, -0.25) is 4.18 Å². The highest BCUT2D eigenvalue weighted by Gasteiger charge is 2.08. The molecule has 0 amide bonds. The molecular weight excluding hydrogens is 286 g/mol. The van der Waals surface area contributed by atoms with Crippen LogP contribution in [-0.4, -0.2) is 26.8 Å². The molecule has 0 fully saturated rings. The number of rotatable bonds is 4. The van der Waals surface area contributed by atoms with Crippen LogP contribution in [0.3, 0.4) is 0 Å². The molecule has 0 bridgehead atoms. The fourth-order valence-corrected chi connectivity index (χ4v) is 1.64. The average Bonchev–Trinajstić information content (AvgIpc) is 2.14. The third-order valence-corrected chi connectivity index (χ3v) is 2.54. The Labute approximate surface area is 96.7 Å². The molecule has 84 valence electrons. The summed E-state index contributed by atoms with van der Waals surface area (Å²) in [7, 11) is -1.97. The Morgan fingerprint density at radius 2 is 2.20 bits per heavy atom. The van der Waals surface area contributed by atoms with Gasteiger partial charge in [-0.15, -0.1) is 0 Å². The normalized spacial score (nSPS) is 11.4. The number of methoxy groups -OCH3 is 1. The van der Waals surface area contributed by atoms with Crippen molar-refractivity contribution in [2.75, 3.05) is 13.4 Å². The SMILES string of the molecule is COc1cnc(Br)cc1COS(C)(=O)=O. The van der Waals surface area contributed by atoms with Crippen molar-refractivity contribution in [1.29, 1.82) is 0 Å². The van der Waals surface area contributed by atoms with E-state index in [0.29, 0.717) is 15.9 Å². The Kier molecular flexibility index (Phi) is 4.06. The van der Waals surface area contributed by atoms with Crippen molar-refractivity contribution >= 4 is 26.0 Å². The highest BCUT2D eigenvalue weighted by molar-refractivity contribution is 9.10. The van der Waals surface area contributed by atoms with Crippen LogP contribution < -0.4 is 4.74 Å². The first-order chi connectivity index (χ1) is 6.92. The quantitative estimate of drug-likeness (QED) is 0.619. The Bertz CT molecular complexity index is 446. The van der Waals surface area contributed by atoms with Crippen LogP contribution in [0.1, 0.15) is 5.56 Å². The van der Waals surface area contributed by atoms with Gasteiger partial charge in [0.05, 0.1) is 26.2 Å².